The molecule has 0 bridgehead atoms. The molecule has 1 fully saturated rings. The number of halogens is 2. The molecule has 0 aliphatic carbocycles. The highest BCUT2D eigenvalue weighted by molar-refractivity contribution is 6.34. The highest BCUT2D eigenvalue weighted by Crippen LogP contribution is 2.23. The molecule has 1 aliphatic heterocycles. The Hall–Kier alpha value is -0.240. The van der Waals surface area contributed by atoms with Gasteiger partial charge in [-0.1, -0.05) is 29.6 Å². The maximum atomic E-state index is 6.00. The van der Waals surface area contributed by atoms with Crippen molar-refractivity contribution in [3.63, 3.8) is 0 Å². The fourth-order valence-corrected chi connectivity index (χ4v) is 2.90. The molecule has 1 aliphatic rings. The first-order valence-corrected chi connectivity index (χ1v) is 6.60. The van der Waals surface area contributed by atoms with Gasteiger partial charge in [0.15, 0.2) is 0 Å². The van der Waals surface area contributed by atoms with Gasteiger partial charge in [-0.25, -0.2) is 0 Å². The van der Waals surface area contributed by atoms with Crippen molar-refractivity contribution in [1.82, 2.24) is 4.90 Å². The molecule has 16 heavy (non-hydrogen) atoms. The van der Waals surface area contributed by atoms with Crippen molar-refractivity contribution >= 4 is 23.2 Å². The standard InChI is InChI=1S/C13H17Cl2N/c1-10-4-2-3-5-16(10)9-11-6-12(14)8-13(15)7-11/h6-8,10H,2-5,9H2,1H3. The molecular formula is C13H17Cl2N. The zero-order valence-electron chi connectivity index (χ0n) is 9.55. The summed E-state index contributed by atoms with van der Waals surface area (Å²) in [6.45, 7) is 4.44. The zero-order valence-corrected chi connectivity index (χ0v) is 11.1. The molecule has 2 rings (SSSR count). The van der Waals surface area contributed by atoms with Gasteiger partial charge >= 0.3 is 0 Å². The second-order valence-electron chi connectivity index (χ2n) is 4.59. The van der Waals surface area contributed by atoms with Crippen LogP contribution in [-0.2, 0) is 6.54 Å². The molecule has 3 heteroatoms. The van der Waals surface area contributed by atoms with E-state index in [0.717, 1.165) is 16.6 Å². The van der Waals surface area contributed by atoms with E-state index in [9.17, 15) is 0 Å². The van der Waals surface area contributed by atoms with Gasteiger partial charge in [0.25, 0.3) is 0 Å². The Kier molecular flexibility index (Phi) is 4.12. The Labute approximate surface area is 107 Å². The van der Waals surface area contributed by atoms with Crippen molar-refractivity contribution in [3.05, 3.63) is 33.8 Å². The van der Waals surface area contributed by atoms with Gasteiger partial charge in [0.2, 0.25) is 0 Å². The molecule has 1 unspecified atom stereocenters. The fraction of sp³-hybridized carbons (Fsp3) is 0.538. The van der Waals surface area contributed by atoms with Crippen molar-refractivity contribution in [1.29, 1.82) is 0 Å². The third-order valence-electron chi connectivity index (χ3n) is 3.25. The summed E-state index contributed by atoms with van der Waals surface area (Å²) in [5, 5.41) is 1.46. The molecule has 1 nitrogen and oxygen atoms in total. The lowest BCUT2D eigenvalue weighted by molar-refractivity contribution is 0.152. The number of piperidine rings is 1. The molecule has 0 N–H and O–H groups in total. The predicted octanol–water partition coefficient (Wildman–Crippen LogP) is 4.37. The van der Waals surface area contributed by atoms with Crippen molar-refractivity contribution in [2.24, 2.45) is 0 Å². The first-order chi connectivity index (χ1) is 7.65. The molecular weight excluding hydrogens is 241 g/mol. The predicted molar refractivity (Wildman–Crippen MR) is 70.2 cm³/mol. The minimum Gasteiger partial charge on any atom is -0.296 e. The molecule has 88 valence electrons. The molecule has 1 saturated heterocycles. The van der Waals surface area contributed by atoms with Crippen LogP contribution in [0.15, 0.2) is 18.2 Å². The Morgan fingerprint density at radius 2 is 1.88 bits per heavy atom. The topological polar surface area (TPSA) is 3.24 Å². The Balaban J connectivity index is 2.07. The normalized spacial score (nSPS) is 22.3. The molecule has 0 amide bonds. The maximum absolute atomic E-state index is 6.00. The number of likely N-dealkylation sites (tertiary alicyclic amines) is 1. The molecule has 0 aromatic heterocycles. The average molecular weight is 258 g/mol. The minimum absolute atomic E-state index is 0.673. The Morgan fingerprint density at radius 3 is 2.50 bits per heavy atom. The number of rotatable bonds is 2. The highest BCUT2D eigenvalue weighted by atomic mass is 35.5. The van der Waals surface area contributed by atoms with Crippen LogP contribution >= 0.6 is 23.2 Å². The van der Waals surface area contributed by atoms with Gasteiger partial charge in [0.05, 0.1) is 0 Å². The van der Waals surface area contributed by atoms with E-state index in [0.29, 0.717) is 6.04 Å². The van der Waals surface area contributed by atoms with E-state index in [2.05, 4.69) is 11.8 Å². The number of nitrogens with zero attached hydrogens (tertiary/aromatic N) is 1. The number of benzene rings is 1. The van der Waals surface area contributed by atoms with Crippen LogP contribution in [0.4, 0.5) is 0 Å². The van der Waals surface area contributed by atoms with Gasteiger partial charge in [0, 0.05) is 22.6 Å². The van der Waals surface area contributed by atoms with Crippen LogP contribution in [0.3, 0.4) is 0 Å². The summed E-state index contributed by atoms with van der Waals surface area (Å²) in [7, 11) is 0. The van der Waals surface area contributed by atoms with Crippen LogP contribution < -0.4 is 0 Å². The van der Waals surface area contributed by atoms with Gasteiger partial charge in [0.1, 0.15) is 0 Å². The lowest BCUT2D eigenvalue weighted by atomic mass is 10.0. The third kappa shape index (κ3) is 3.13. The summed E-state index contributed by atoms with van der Waals surface area (Å²) in [5.41, 5.74) is 1.21. The van der Waals surface area contributed by atoms with Crippen molar-refractivity contribution in [2.45, 2.75) is 38.8 Å². The van der Waals surface area contributed by atoms with E-state index < -0.39 is 0 Å². The van der Waals surface area contributed by atoms with E-state index in [-0.39, 0.29) is 0 Å². The monoisotopic (exact) mass is 257 g/mol. The number of hydrogen-bond donors (Lipinski definition) is 0. The minimum atomic E-state index is 0.673. The van der Waals surface area contributed by atoms with Crippen LogP contribution in [-0.4, -0.2) is 17.5 Å². The smallest absolute Gasteiger partial charge is 0.0424 e. The third-order valence-corrected chi connectivity index (χ3v) is 3.69. The summed E-state index contributed by atoms with van der Waals surface area (Å²) in [6, 6.07) is 6.47. The van der Waals surface area contributed by atoms with E-state index >= 15 is 0 Å². The Bertz CT molecular complexity index is 345. The van der Waals surface area contributed by atoms with Crippen LogP contribution in [0.5, 0.6) is 0 Å². The van der Waals surface area contributed by atoms with Crippen LogP contribution in [0.25, 0.3) is 0 Å². The highest BCUT2D eigenvalue weighted by Gasteiger charge is 2.18. The van der Waals surface area contributed by atoms with Gasteiger partial charge in [-0.2, -0.15) is 0 Å². The molecule has 1 atom stereocenters. The van der Waals surface area contributed by atoms with Crippen molar-refractivity contribution in [2.75, 3.05) is 6.54 Å². The largest absolute Gasteiger partial charge is 0.296 e. The number of hydrogen-bond acceptors (Lipinski definition) is 1. The summed E-state index contributed by atoms with van der Waals surface area (Å²) in [4.78, 5) is 2.51. The lowest BCUT2D eigenvalue weighted by Crippen LogP contribution is -2.36. The maximum Gasteiger partial charge on any atom is 0.0424 e. The van der Waals surface area contributed by atoms with Gasteiger partial charge in [-0.3, -0.25) is 4.90 Å². The van der Waals surface area contributed by atoms with Gasteiger partial charge in [-0.05, 0) is 50.1 Å². The quantitative estimate of drug-likeness (QED) is 0.761. The summed E-state index contributed by atoms with van der Waals surface area (Å²) < 4.78 is 0. The first-order valence-electron chi connectivity index (χ1n) is 5.84. The van der Waals surface area contributed by atoms with Crippen LogP contribution in [0, 0.1) is 0 Å². The van der Waals surface area contributed by atoms with Crippen molar-refractivity contribution < 1.29 is 0 Å². The molecule has 0 saturated carbocycles. The lowest BCUT2D eigenvalue weighted by Gasteiger charge is -2.33. The first kappa shape index (κ1) is 12.2. The van der Waals surface area contributed by atoms with E-state index in [4.69, 9.17) is 23.2 Å². The van der Waals surface area contributed by atoms with Gasteiger partial charge < -0.3 is 0 Å². The molecule has 0 radical (unpaired) electrons. The second kappa shape index (κ2) is 5.39. The summed E-state index contributed by atoms with van der Waals surface area (Å²) in [6.07, 6.45) is 3.96. The molecule has 0 spiro atoms. The van der Waals surface area contributed by atoms with Gasteiger partial charge in [-0.15, -0.1) is 0 Å². The SMILES string of the molecule is CC1CCCCN1Cc1cc(Cl)cc(Cl)c1. The van der Waals surface area contributed by atoms with Crippen LogP contribution in [0.2, 0.25) is 10.0 Å². The zero-order chi connectivity index (χ0) is 11.5. The summed E-state index contributed by atoms with van der Waals surface area (Å²) >= 11 is 12.0. The van der Waals surface area contributed by atoms with Crippen molar-refractivity contribution in [3.8, 4) is 0 Å². The molecule has 1 aromatic carbocycles. The molecule has 1 heterocycles. The Morgan fingerprint density at radius 1 is 1.19 bits per heavy atom. The average Bonchev–Trinajstić information content (AvgIpc) is 2.20. The summed E-state index contributed by atoms with van der Waals surface area (Å²) in [5.74, 6) is 0. The fourth-order valence-electron chi connectivity index (χ4n) is 2.33. The van der Waals surface area contributed by atoms with E-state index in [1.165, 1.54) is 31.4 Å². The molecule has 1 aromatic rings. The van der Waals surface area contributed by atoms with Crippen LogP contribution in [0.1, 0.15) is 31.7 Å². The van der Waals surface area contributed by atoms with E-state index in [1.54, 1.807) is 6.07 Å². The second-order valence-corrected chi connectivity index (χ2v) is 5.47. The van der Waals surface area contributed by atoms with E-state index in [1.807, 2.05) is 12.1 Å².